The van der Waals surface area contributed by atoms with Crippen LogP contribution in [0.4, 0.5) is 13.2 Å². The number of halogens is 4. The van der Waals surface area contributed by atoms with E-state index in [1.54, 1.807) is 6.92 Å². The first-order valence-corrected chi connectivity index (χ1v) is 5.73. The Balaban J connectivity index is 2.87. The lowest BCUT2D eigenvalue weighted by molar-refractivity contribution is -0.142. The van der Waals surface area contributed by atoms with Gasteiger partial charge in [0.25, 0.3) is 0 Å². The number of alkyl halides is 3. The Kier molecular flexibility index (Phi) is 5.25. The van der Waals surface area contributed by atoms with E-state index in [1.807, 2.05) is 0 Å². The summed E-state index contributed by atoms with van der Waals surface area (Å²) < 4.78 is 42.4. The van der Waals surface area contributed by atoms with E-state index in [-0.39, 0.29) is 23.6 Å². The highest BCUT2D eigenvalue weighted by molar-refractivity contribution is 6.31. The van der Waals surface area contributed by atoms with Gasteiger partial charge in [-0.25, -0.2) is 0 Å². The van der Waals surface area contributed by atoms with Crippen LogP contribution in [0.25, 0.3) is 0 Å². The minimum atomic E-state index is -4.53. The molecule has 0 unspecified atom stereocenters. The van der Waals surface area contributed by atoms with E-state index in [9.17, 15) is 18.0 Å². The highest BCUT2D eigenvalue weighted by Crippen LogP contribution is 2.34. The molecular formula is C13H10ClF3O2. The van der Waals surface area contributed by atoms with Crippen LogP contribution in [0.2, 0.25) is 5.02 Å². The molecule has 0 aliphatic rings. The Morgan fingerprint density at radius 2 is 2.11 bits per heavy atom. The van der Waals surface area contributed by atoms with Gasteiger partial charge in [-0.1, -0.05) is 23.4 Å². The van der Waals surface area contributed by atoms with E-state index >= 15 is 0 Å². The molecule has 1 aromatic carbocycles. The summed E-state index contributed by atoms with van der Waals surface area (Å²) in [4.78, 5) is 11.0. The molecule has 1 aromatic rings. The average molecular weight is 291 g/mol. The average Bonchev–Trinajstić information content (AvgIpc) is 2.30. The minimum Gasteiger partial charge on any atom is -0.465 e. The van der Waals surface area contributed by atoms with Crippen molar-refractivity contribution in [1.82, 2.24) is 0 Å². The molecule has 0 bridgehead atoms. The van der Waals surface area contributed by atoms with Gasteiger partial charge in [-0.05, 0) is 25.1 Å². The summed E-state index contributed by atoms with van der Waals surface area (Å²) >= 11 is 5.46. The zero-order chi connectivity index (χ0) is 14.5. The molecule has 0 saturated carbocycles. The number of esters is 1. The molecule has 0 atom stereocenters. The van der Waals surface area contributed by atoms with Crippen LogP contribution < -0.4 is 0 Å². The molecule has 0 saturated heterocycles. The maximum atomic E-state index is 12.6. The lowest BCUT2D eigenvalue weighted by atomic mass is 10.1. The molecule has 0 aromatic heterocycles. The molecule has 2 nitrogen and oxygen atoms in total. The van der Waals surface area contributed by atoms with E-state index in [1.165, 1.54) is 6.07 Å². The summed E-state index contributed by atoms with van der Waals surface area (Å²) in [5.41, 5.74) is -0.807. The third-order valence-corrected chi connectivity index (χ3v) is 2.37. The van der Waals surface area contributed by atoms with Crippen molar-refractivity contribution in [3.8, 4) is 11.8 Å². The van der Waals surface area contributed by atoms with Crippen molar-refractivity contribution < 1.29 is 22.7 Å². The summed E-state index contributed by atoms with van der Waals surface area (Å²) in [6.07, 6.45) is -4.70. The van der Waals surface area contributed by atoms with Crippen LogP contribution >= 0.6 is 11.6 Å². The molecule has 102 valence electrons. The van der Waals surface area contributed by atoms with Gasteiger partial charge in [0.1, 0.15) is 6.42 Å². The number of carbonyl (C=O) groups is 1. The van der Waals surface area contributed by atoms with Crippen molar-refractivity contribution in [3.05, 3.63) is 34.3 Å². The summed E-state index contributed by atoms with van der Waals surface area (Å²) in [5, 5.41) is -0.386. The van der Waals surface area contributed by atoms with Gasteiger partial charge in [0, 0.05) is 5.56 Å². The fraction of sp³-hybridized carbons (Fsp3) is 0.308. The van der Waals surface area contributed by atoms with Gasteiger partial charge in [-0.3, -0.25) is 4.79 Å². The van der Waals surface area contributed by atoms with E-state index in [4.69, 9.17) is 11.6 Å². The molecule has 0 heterocycles. The summed E-state index contributed by atoms with van der Waals surface area (Å²) in [6.45, 7) is 1.89. The topological polar surface area (TPSA) is 26.3 Å². The van der Waals surface area contributed by atoms with Gasteiger partial charge in [-0.2, -0.15) is 13.2 Å². The van der Waals surface area contributed by atoms with E-state index < -0.39 is 17.7 Å². The van der Waals surface area contributed by atoms with Gasteiger partial charge >= 0.3 is 12.1 Å². The van der Waals surface area contributed by atoms with Gasteiger partial charge in [0.15, 0.2) is 0 Å². The number of rotatable bonds is 2. The molecule has 0 radical (unpaired) electrons. The van der Waals surface area contributed by atoms with Crippen LogP contribution in [0.15, 0.2) is 18.2 Å². The number of hydrogen-bond acceptors (Lipinski definition) is 2. The number of ether oxygens (including phenoxy) is 1. The molecule has 6 heteroatoms. The first-order valence-electron chi connectivity index (χ1n) is 5.36. The first kappa shape index (κ1) is 15.4. The fourth-order valence-corrected chi connectivity index (χ4v) is 1.48. The monoisotopic (exact) mass is 290 g/mol. The minimum absolute atomic E-state index is 0.140. The molecule has 0 aliphatic heterocycles. The Labute approximate surface area is 113 Å². The predicted molar refractivity (Wildman–Crippen MR) is 64.6 cm³/mol. The summed E-state index contributed by atoms with van der Waals surface area (Å²) in [5.74, 6) is 4.40. The maximum Gasteiger partial charge on any atom is 0.417 e. The van der Waals surface area contributed by atoms with Gasteiger partial charge in [-0.15, -0.1) is 0 Å². The summed E-state index contributed by atoms with van der Waals surface area (Å²) in [7, 11) is 0. The lowest BCUT2D eigenvalue weighted by Crippen LogP contribution is -2.06. The Morgan fingerprint density at radius 3 is 2.68 bits per heavy atom. The van der Waals surface area contributed by atoms with Gasteiger partial charge in [0.2, 0.25) is 0 Å². The fourth-order valence-electron chi connectivity index (χ4n) is 1.25. The smallest absolute Gasteiger partial charge is 0.417 e. The van der Waals surface area contributed by atoms with Crippen LogP contribution in [0.1, 0.15) is 24.5 Å². The molecule has 0 N–H and O–H groups in total. The molecular weight excluding hydrogens is 281 g/mol. The quantitative estimate of drug-likeness (QED) is 0.614. The molecule has 0 aliphatic carbocycles. The third-order valence-electron chi connectivity index (χ3n) is 2.04. The van der Waals surface area contributed by atoms with E-state index in [2.05, 4.69) is 16.6 Å². The predicted octanol–water partition coefficient (Wildman–Crippen LogP) is 3.66. The second-order valence-electron chi connectivity index (χ2n) is 3.48. The second kappa shape index (κ2) is 6.48. The van der Waals surface area contributed by atoms with Crippen molar-refractivity contribution in [2.24, 2.45) is 0 Å². The number of carbonyl (C=O) groups excluding carboxylic acids is 1. The highest BCUT2D eigenvalue weighted by Gasteiger charge is 2.33. The van der Waals surface area contributed by atoms with Crippen molar-refractivity contribution in [3.63, 3.8) is 0 Å². The molecule has 19 heavy (non-hydrogen) atoms. The Bertz CT molecular complexity index is 527. The standard InChI is InChI=1S/C13H10ClF3O2/c1-2-19-12(18)5-3-4-9-6-7-11(14)10(8-9)13(15,16)17/h6-8H,2,5H2,1H3. The van der Waals surface area contributed by atoms with Gasteiger partial charge < -0.3 is 4.74 Å². The zero-order valence-electron chi connectivity index (χ0n) is 9.97. The van der Waals surface area contributed by atoms with Crippen molar-refractivity contribution in [1.29, 1.82) is 0 Å². The van der Waals surface area contributed by atoms with Crippen molar-refractivity contribution >= 4 is 17.6 Å². The number of hydrogen-bond donors (Lipinski definition) is 0. The Hall–Kier alpha value is -1.67. The second-order valence-corrected chi connectivity index (χ2v) is 3.88. The molecule has 0 amide bonds. The molecule has 1 rings (SSSR count). The SMILES string of the molecule is CCOC(=O)CC#Cc1ccc(Cl)c(C(F)(F)F)c1. The van der Waals surface area contributed by atoms with Crippen molar-refractivity contribution in [2.45, 2.75) is 19.5 Å². The normalized spacial score (nSPS) is 10.6. The zero-order valence-corrected chi connectivity index (χ0v) is 10.7. The van der Waals surface area contributed by atoms with E-state index in [0.717, 1.165) is 12.1 Å². The van der Waals surface area contributed by atoms with Crippen LogP contribution in [0, 0.1) is 11.8 Å². The van der Waals surface area contributed by atoms with Crippen LogP contribution in [-0.4, -0.2) is 12.6 Å². The highest BCUT2D eigenvalue weighted by atomic mass is 35.5. The van der Waals surface area contributed by atoms with Crippen molar-refractivity contribution in [2.75, 3.05) is 6.61 Å². The maximum absolute atomic E-state index is 12.6. The van der Waals surface area contributed by atoms with Gasteiger partial charge in [0.05, 0.1) is 17.2 Å². The Morgan fingerprint density at radius 1 is 1.42 bits per heavy atom. The van der Waals surface area contributed by atoms with Crippen LogP contribution in [0.3, 0.4) is 0 Å². The lowest BCUT2D eigenvalue weighted by Gasteiger charge is -2.08. The van der Waals surface area contributed by atoms with Crippen LogP contribution in [-0.2, 0) is 15.7 Å². The molecule has 0 fully saturated rings. The molecule has 0 spiro atoms. The first-order chi connectivity index (χ1) is 8.84. The van der Waals surface area contributed by atoms with Crippen LogP contribution in [0.5, 0.6) is 0 Å². The third kappa shape index (κ3) is 4.84. The summed E-state index contributed by atoms with van der Waals surface area (Å²) in [6, 6.07) is 3.33. The van der Waals surface area contributed by atoms with E-state index in [0.29, 0.717) is 0 Å². The largest absolute Gasteiger partial charge is 0.465 e. The number of benzene rings is 1.